The molecule has 15 amide bonds. The topological polar surface area (TPSA) is 603 Å². The lowest BCUT2D eigenvalue weighted by atomic mass is 9.92. The van der Waals surface area contributed by atoms with Crippen molar-refractivity contribution in [3.8, 4) is 0 Å². The number of likely N-dealkylation sites (N-methyl/N-ethyl adjacent to an activating group) is 1. The predicted molar refractivity (Wildman–Crippen MR) is 451 cm³/mol. The number of aliphatic hydroxyl groups is 1. The van der Waals surface area contributed by atoms with Crippen LogP contribution in [0.15, 0.2) is 60.9 Å². The Morgan fingerprint density at radius 1 is 0.637 bits per heavy atom. The number of aromatic nitrogens is 2. The Balaban J connectivity index is 0.00000780. The largest absolute Gasteiger partial charge is 0.481 e. The summed E-state index contributed by atoms with van der Waals surface area (Å²) in [5.41, 5.74) is 13.8. The summed E-state index contributed by atoms with van der Waals surface area (Å²) >= 11 is 1.95. The van der Waals surface area contributed by atoms with E-state index in [1.165, 1.54) is 56.4 Å². The normalized spacial score (nSPS) is 24.5. The van der Waals surface area contributed by atoms with E-state index in [2.05, 4.69) is 63.1 Å². The molecule has 14 atom stereocenters. The quantitative estimate of drug-likeness (QED) is 0.0418. The number of aliphatic hydroxyl groups excluding tert-OH is 1. The number of fused-ring (bicyclic) bond motifs is 6. The third-order valence-electron chi connectivity index (χ3n) is 21.2. The molecule has 0 spiro atoms. The highest BCUT2D eigenvalue weighted by Gasteiger charge is 2.43. The van der Waals surface area contributed by atoms with Crippen molar-refractivity contribution in [2.45, 2.75) is 180 Å². The number of amides is 15. The van der Waals surface area contributed by atoms with Crippen LogP contribution in [-0.4, -0.2) is 308 Å². The third-order valence-corrected chi connectivity index (χ3v) is 23.4. The van der Waals surface area contributed by atoms with Gasteiger partial charge in [0.15, 0.2) is 24.9 Å². The zero-order chi connectivity index (χ0) is 91.9. The fourth-order valence-electron chi connectivity index (χ4n) is 14.3. The maximum absolute atomic E-state index is 14.8. The van der Waals surface area contributed by atoms with Crippen LogP contribution in [0.3, 0.4) is 0 Å². The van der Waals surface area contributed by atoms with Crippen LogP contribution in [-0.2, 0) is 109 Å². The highest BCUT2D eigenvalue weighted by molar-refractivity contribution is 8.00. The number of nitrogens with zero attached hydrogens (tertiary/aromatic N) is 4. The molecular formula is C81H116N19O22S2+. The molecule has 0 aliphatic carbocycles. The van der Waals surface area contributed by atoms with Gasteiger partial charge >= 0.3 is 12.1 Å². The van der Waals surface area contributed by atoms with Crippen LogP contribution in [0, 0.1) is 23.7 Å². The number of carboxylic acids is 1. The minimum Gasteiger partial charge on any atom is -0.481 e. The Labute approximate surface area is 724 Å². The number of Topliss-reactive ketones (excluding diaryl/α,β-unsaturated/α-hetero) is 2. The Morgan fingerprint density at radius 3 is 1.69 bits per heavy atom. The number of carbonyl (C=O) groups is 18. The number of nitrogens with one attached hydrogen (secondary N) is 13. The Bertz CT molecular complexity index is 4550. The van der Waals surface area contributed by atoms with Gasteiger partial charge in [-0.15, -0.1) is 11.8 Å². The van der Waals surface area contributed by atoms with Crippen LogP contribution in [0.5, 0.6) is 0 Å². The van der Waals surface area contributed by atoms with Gasteiger partial charge in [-0.25, -0.2) is 0 Å². The fourth-order valence-corrected chi connectivity index (χ4v) is 16.3. The number of benzene rings is 2. The molecular weight excluding hydrogens is 1660 g/mol. The molecule has 5 heterocycles. The first-order valence-electron chi connectivity index (χ1n) is 40.8. The summed E-state index contributed by atoms with van der Waals surface area (Å²) < 4.78 is 0. The number of aliphatic carboxylic acids is 1. The SMILES string of the molecule is CC[C@@H]1CC(=O)[C@H]([C@@H](C)O)NC(=O)[C@@H](CC(=O)[C@H](C)NC(=O)CN(C)C(=O)CCN)CSCC(=O)N2CCN(C[NH+](C)C2)C(=O)CSC[C@@H](C(N)=O)NC(=O)[C@@H]2CCCN2C(=O)[C@H](C(C)C)NC(=O)[C@H](Cc2c[nH]c3ccccc23)NC(=O)CNC(=O)[C@H](CC(=O)O)NC(=O)[C@H](C(C)C)NC(=O)[C@H](Cc2c[nH]c3ccccc23)NC(=O)[C@H](C)NC1=O.O=C=O. The van der Waals surface area contributed by atoms with Crippen LogP contribution in [0.2, 0.25) is 0 Å². The van der Waals surface area contributed by atoms with Crippen LogP contribution < -0.4 is 69.5 Å². The molecule has 0 radical (unpaired) electrons. The molecule has 1 unspecified atom stereocenters. The third kappa shape index (κ3) is 30.1. The number of carbonyl (C=O) groups excluding carboxylic acids is 19. The maximum Gasteiger partial charge on any atom is 0.373 e. The highest BCUT2D eigenvalue weighted by atomic mass is 32.2. The van der Waals surface area contributed by atoms with E-state index in [9.17, 15) is 96.5 Å². The van der Waals surface area contributed by atoms with Crippen molar-refractivity contribution in [1.29, 1.82) is 0 Å². The number of primary amides is 1. The van der Waals surface area contributed by atoms with Crippen LogP contribution in [0.1, 0.15) is 111 Å². The van der Waals surface area contributed by atoms with E-state index >= 15 is 0 Å². The summed E-state index contributed by atoms with van der Waals surface area (Å²) in [4.78, 5) is 281. The Morgan fingerprint density at radius 2 is 1.16 bits per heavy atom. The summed E-state index contributed by atoms with van der Waals surface area (Å²) in [5, 5.41) is 48.2. The smallest absolute Gasteiger partial charge is 0.373 e. The van der Waals surface area contributed by atoms with Gasteiger partial charge in [0.05, 0.1) is 56.1 Å². The lowest BCUT2D eigenvalue weighted by molar-refractivity contribution is -0.895. The Hall–Kier alpha value is -11.7. The van der Waals surface area contributed by atoms with Crippen molar-refractivity contribution < 1.29 is 111 Å². The van der Waals surface area contributed by atoms with Crippen LogP contribution in [0.25, 0.3) is 21.8 Å². The molecule has 3 saturated heterocycles. The minimum atomic E-state index is -1.91. The van der Waals surface area contributed by atoms with Crippen molar-refractivity contribution >= 4 is 158 Å². The van der Waals surface area contributed by atoms with E-state index in [0.29, 0.717) is 44.3 Å². The number of H-pyrrole nitrogens is 2. The van der Waals surface area contributed by atoms with Gasteiger partial charge in [-0.3, -0.25) is 96.1 Å². The lowest BCUT2D eigenvalue weighted by Gasteiger charge is -2.32. The van der Waals surface area contributed by atoms with Crippen LogP contribution >= 0.6 is 23.5 Å². The average molecular weight is 1770 g/mol. The zero-order valence-electron chi connectivity index (χ0n) is 71.1. The van der Waals surface area contributed by atoms with Crippen molar-refractivity contribution in [1.82, 2.24) is 82.7 Å². The summed E-state index contributed by atoms with van der Waals surface area (Å²) in [6, 6.07) is -0.623. The van der Waals surface area contributed by atoms with E-state index in [0.717, 1.165) is 28.4 Å². The van der Waals surface area contributed by atoms with E-state index in [4.69, 9.17) is 21.1 Å². The highest BCUT2D eigenvalue weighted by Crippen LogP contribution is 2.26. The van der Waals surface area contributed by atoms with Crippen molar-refractivity contribution in [3.63, 3.8) is 0 Å². The molecule has 43 heteroatoms. The summed E-state index contributed by atoms with van der Waals surface area (Å²) in [6.07, 6.45) is -0.454. The molecule has 2 aromatic heterocycles. The monoisotopic (exact) mass is 1770 g/mol. The molecule has 3 aliphatic heterocycles. The van der Waals surface area contributed by atoms with Crippen molar-refractivity contribution in [2.24, 2.45) is 35.1 Å². The average Bonchev–Trinajstić information content (AvgIpc) is 1.57. The second kappa shape index (κ2) is 49.0. The zero-order valence-corrected chi connectivity index (χ0v) is 72.7. The van der Waals surface area contributed by atoms with Gasteiger partial charge in [-0.2, -0.15) is 21.4 Å². The molecule has 678 valence electrons. The molecule has 7 rings (SSSR count). The first kappa shape index (κ1) is 101. The van der Waals surface area contributed by atoms with Gasteiger partial charge in [0.1, 0.15) is 54.4 Å². The summed E-state index contributed by atoms with van der Waals surface area (Å²) in [6.45, 7) is 10.9. The number of aromatic amines is 2. The van der Waals surface area contributed by atoms with Crippen molar-refractivity contribution in [2.75, 3.05) is 89.7 Å². The van der Waals surface area contributed by atoms with Gasteiger partial charge in [-0.05, 0) is 75.1 Å². The van der Waals surface area contributed by atoms with E-state index in [1.807, 2.05) is 0 Å². The molecule has 2 bridgehead atoms. The number of rotatable bonds is 19. The molecule has 124 heavy (non-hydrogen) atoms. The number of hydrogen-bond donors (Lipinski definition) is 17. The second-order valence-corrected chi connectivity index (χ2v) is 33.7. The van der Waals surface area contributed by atoms with Gasteiger partial charge in [0, 0.05) is 117 Å². The first-order chi connectivity index (χ1) is 58.7. The molecule has 3 fully saturated rings. The predicted octanol–water partition coefficient (Wildman–Crippen LogP) is -5.04. The number of quaternary nitrogens is 1. The number of ketones is 2. The molecule has 0 saturated carbocycles. The maximum atomic E-state index is 14.8. The summed E-state index contributed by atoms with van der Waals surface area (Å²) in [7, 11) is 3.12. The molecule has 4 aromatic rings. The van der Waals surface area contributed by atoms with Crippen LogP contribution in [0.4, 0.5) is 0 Å². The number of thioether (sulfide) groups is 2. The number of hydrogen-bond acceptors (Lipinski definition) is 24. The minimum absolute atomic E-state index is 0.0232. The lowest BCUT2D eigenvalue weighted by Crippen LogP contribution is -3.11. The van der Waals surface area contributed by atoms with E-state index in [1.54, 1.807) is 88.7 Å². The van der Waals surface area contributed by atoms with Gasteiger partial charge in [0.2, 0.25) is 88.6 Å². The molecule has 19 N–H and O–H groups in total. The molecule has 3 aliphatic rings. The fraction of sp³-hybridized carbons (Fsp3) is 0.568. The Kier molecular flexibility index (Phi) is 40.0. The number of para-hydroxylation sites is 2. The second-order valence-electron chi connectivity index (χ2n) is 31.7. The van der Waals surface area contributed by atoms with E-state index in [-0.39, 0.29) is 107 Å². The summed E-state index contributed by atoms with van der Waals surface area (Å²) in [5.74, 6) is -20.1. The first-order valence-corrected chi connectivity index (χ1v) is 43.1. The number of nitrogens with two attached hydrogens (primary N) is 2. The molecule has 41 nitrogen and oxygen atoms in total. The van der Waals surface area contributed by atoms with Crippen molar-refractivity contribution in [3.05, 3.63) is 72.1 Å². The van der Waals surface area contributed by atoms with E-state index < -0.39 is 223 Å². The molecule has 2 aromatic carbocycles. The number of carboxylic acid groups (broad SMARTS) is 1. The standard InChI is InChI=1S/C80H115N19O20S2.CO2/c1-11-47-29-61(102)70(46(8)100)94-74(113)50(30-60(101)44(6)86-63(104)35-96(10)64(105)22-23-81)36-120-38-65(106)97-25-26-98(41-95(9)40-97)66(107)39-121-37-58(71(82)110)91-78(117)59-21-16-24-99(59)80(119)69(43(4)5)93-76(115)55(27-48-32-83-53-19-14-12-17-51(48)53)88-62(103)34-85-75(114)57(31-67(108)109)90-79(118)68(42(2)3)92-77(116)56(89-72(111)45(7)87-73(47)112)28-49-33-84-54-20-15-13-18-52(49)54;2-1-3/h12-15,17-20,32-33,42-47,50,55-59,68-70,83-84,100H,11,16,21-31,34-41,81H2,1-10H3,(H2,82,110)(H,85,114)(H,86,104)(H,87,112)(H,88,103)(H,89,111)(H,90,118)(H,91,117)(H,92,116)(H,93,115)(H,94,113)(H,108,109);/p+1/t44-,45-,46+,47+,50-,55-,56-,57-,58-,59-,68-,69-,70-;/m0./s1. The van der Waals surface area contributed by atoms with Gasteiger partial charge in [-0.1, -0.05) is 71.0 Å². The van der Waals surface area contributed by atoms with Gasteiger partial charge < -0.3 is 99.5 Å². The van der Waals surface area contributed by atoms with Gasteiger partial charge in [0.25, 0.3) is 0 Å².